The number of hydrogen-bond donors (Lipinski definition) is 1. The van der Waals surface area contributed by atoms with E-state index in [1.165, 1.54) is 12.0 Å². The molecule has 0 spiro atoms. The second kappa shape index (κ2) is 7.28. The van der Waals surface area contributed by atoms with Crippen molar-refractivity contribution in [3.8, 4) is 0 Å². The maximum absolute atomic E-state index is 5.89. The monoisotopic (exact) mass is 373 g/mol. The van der Waals surface area contributed by atoms with Gasteiger partial charge in [0.05, 0.1) is 19.4 Å². The molecular weight excluding hydrogens is 354 g/mol. The quantitative estimate of drug-likeness (QED) is 0.435. The number of hydrazone groups is 1. The van der Waals surface area contributed by atoms with Gasteiger partial charge in [0.15, 0.2) is 11.4 Å². The molecule has 3 heterocycles. The van der Waals surface area contributed by atoms with Crippen LogP contribution in [0.4, 0.5) is 11.5 Å². The molecule has 2 aromatic heterocycles. The van der Waals surface area contributed by atoms with Crippen molar-refractivity contribution in [3.63, 3.8) is 0 Å². The molecule has 1 aliphatic rings. The summed E-state index contributed by atoms with van der Waals surface area (Å²) in [6.07, 6.45) is 3.28. The summed E-state index contributed by atoms with van der Waals surface area (Å²) in [4.78, 5) is 10.9. The smallest absolute Gasteiger partial charge is 0.197 e. The van der Waals surface area contributed by atoms with Gasteiger partial charge in [-0.05, 0) is 29.8 Å². The summed E-state index contributed by atoms with van der Waals surface area (Å²) in [5.41, 5.74) is 7.33. The van der Waals surface area contributed by atoms with Crippen LogP contribution in [0.2, 0.25) is 0 Å². The van der Waals surface area contributed by atoms with E-state index in [4.69, 9.17) is 9.15 Å². The molecule has 0 bridgehead atoms. The zero-order valence-corrected chi connectivity index (χ0v) is 15.2. The van der Waals surface area contributed by atoms with Gasteiger partial charge in [-0.3, -0.25) is 5.43 Å². The van der Waals surface area contributed by atoms with Crippen molar-refractivity contribution in [2.75, 3.05) is 36.6 Å². The lowest BCUT2D eigenvalue weighted by molar-refractivity contribution is 0.122. The number of aromatic nitrogens is 2. The van der Waals surface area contributed by atoms with Gasteiger partial charge in [0.25, 0.3) is 0 Å². The van der Waals surface area contributed by atoms with Crippen molar-refractivity contribution < 1.29 is 9.15 Å². The van der Waals surface area contributed by atoms with Crippen molar-refractivity contribution >= 4 is 39.8 Å². The van der Waals surface area contributed by atoms with Crippen LogP contribution in [0, 0.1) is 0 Å². The van der Waals surface area contributed by atoms with Crippen molar-refractivity contribution in [3.05, 3.63) is 60.4 Å². The first-order valence-corrected chi connectivity index (χ1v) is 9.22. The molecule has 28 heavy (non-hydrogen) atoms. The Morgan fingerprint density at radius 3 is 2.68 bits per heavy atom. The lowest BCUT2D eigenvalue weighted by atomic mass is 10.2. The van der Waals surface area contributed by atoms with Crippen LogP contribution in [0.5, 0.6) is 0 Å². The number of ether oxygens (including phenoxy) is 1. The Morgan fingerprint density at radius 2 is 1.82 bits per heavy atom. The van der Waals surface area contributed by atoms with E-state index in [0.29, 0.717) is 11.4 Å². The first kappa shape index (κ1) is 16.7. The van der Waals surface area contributed by atoms with Gasteiger partial charge in [-0.2, -0.15) is 5.10 Å². The highest BCUT2D eigenvalue weighted by molar-refractivity contribution is 6.05. The first-order chi connectivity index (χ1) is 13.9. The number of rotatable bonds is 4. The van der Waals surface area contributed by atoms with Gasteiger partial charge in [-0.25, -0.2) is 9.97 Å². The maximum Gasteiger partial charge on any atom is 0.197 e. The Balaban J connectivity index is 1.34. The number of fused-ring (bicyclic) bond motifs is 3. The second-order valence-electron chi connectivity index (χ2n) is 6.56. The predicted molar refractivity (Wildman–Crippen MR) is 110 cm³/mol. The highest BCUT2D eigenvalue weighted by atomic mass is 16.5. The molecule has 1 saturated heterocycles. The molecule has 0 radical (unpaired) electrons. The van der Waals surface area contributed by atoms with Gasteiger partial charge >= 0.3 is 0 Å². The largest absolute Gasteiger partial charge is 0.450 e. The normalized spacial score (nSPS) is 14.9. The maximum atomic E-state index is 5.89. The molecule has 0 amide bonds. The number of furan rings is 1. The Bertz CT molecular complexity index is 1130. The molecule has 0 unspecified atom stereocenters. The third kappa shape index (κ3) is 3.16. The van der Waals surface area contributed by atoms with Crippen molar-refractivity contribution in [2.45, 2.75) is 0 Å². The van der Waals surface area contributed by atoms with E-state index < -0.39 is 0 Å². The van der Waals surface area contributed by atoms with Gasteiger partial charge < -0.3 is 14.1 Å². The standard InChI is InChI=1S/C21H19N5O2/c1-2-4-18-17(3-1)19-20(28-18)21(23-14-22-19)25-24-13-15-5-7-16(8-6-15)26-9-11-27-12-10-26/h1-8,13-14H,9-12H2,(H,22,23,25)/b24-13-. The van der Waals surface area contributed by atoms with Crippen LogP contribution in [-0.2, 0) is 4.74 Å². The molecule has 5 rings (SSSR count). The van der Waals surface area contributed by atoms with Crippen molar-refractivity contribution in [2.24, 2.45) is 5.10 Å². The number of nitrogens with zero attached hydrogens (tertiary/aromatic N) is 4. The van der Waals surface area contributed by atoms with Gasteiger partial charge in [0.1, 0.15) is 17.4 Å². The Morgan fingerprint density at radius 1 is 1.00 bits per heavy atom. The zero-order chi connectivity index (χ0) is 18.8. The fourth-order valence-corrected chi connectivity index (χ4v) is 3.36. The van der Waals surface area contributed by atoms with E-state index in [-0.39, 0.29) is 0 Å². The molecule has 0 saturated carbocycles. The van der Waals surface area contributed by atoms with Crippen LogP contribution in [-0.4, -0.2) is 42.5 Å². The number of para-hydroxylation sites is 1. The molecule has 1 aliphatic heterocycles. The van der Waals surface area contributed by atoms with Gasteiger partial charge in [0, 0.05) is 24.2 Å². The van der Waals surface area contributed by atoms with Gasteiger partial charge in [0.2, 0.25) is 0 Å². The van der Waals surface area contributed by atoms with Crippen molar-refractivity contribution in [1.29, 1.82) is 0 Å². The molecule has 140 valence electrons. The van der Waals surface area contributed by atoms with E-state index in [1.807, 2.05) is 36.4 Å². The minimum absolute atomic E-state index is 0.544. The average Bonchev–Trinajstić information content (AvgIpc) is 3.15. The number of hydrogen-bond acceptors (Lipinski definition) is 7. The minimum Gasteiger partial charge on any atom is -0.450 e. The van der Waals surface area contributed by atoms with Crippen LogP contribution in [0.1, 0.15) is 5.56 Å². The highest BCUT2D eigenvalue weighted by Crippen LogP contribution is 2.30. The molecule has 2 aromatic carbocycles. The van der Waals surface area contributed by atoms with E-state index in [0.717, 1.165) is 48.4 Å². The van der Waals surface area contributed by atoms with Crippen LogP contribution in [0.25, 0.3) is 22.1 Å². The summed E-state index contributed by atoms with van der Waals surface area (Å²) in [5, 5.41) is 5.28. The van der Waals surface area contributed by atoms with E-state index in [1.54, 1.807) is 6.21 Å². The minimum atomic E-state index is 0.544. The SMILES string of the molecule is C(=N/Nc1ncnc2c1oc1ccccc12)/c1ccc(N2CCOCC2)cc1. The van der Waals surface area contributed by atoms with Crippen LogP contribution in [0.15, 0.2) is 64.4 Å². The number of benzene rings is 2. The highest BCUT2D eigenvalue weighted by Gasteiger charge is 2.12. The summed E-state index contributed by atoms with van der Waals surface area (Å²) in [6.45, 7) is 3.41. The summed E-state index contributed by atoms with van der Waals surface area (Å²) in [6, 6.07) is 16.1. The topological polar surface area (TPSA) is 75.8 Å². The molecule has 1 N–H and O–H groups in total. The van der Waals surface area contributed by atoms with E-state index in [9.17, 15) is 0 Å². The first-order valence-electron chi connectivity index (χ1n) is 9.22. The lowest BCUT2D eigenvalue weighted by Crippen LogP contribution is -2.36. The third-order valence-corrected chi connectivity index (χ3v) is 4.81. The molecule has 0 aliphatic carbocycles. The second-order valence-corrected chi connectivity index (χ2v) is 6.56. The average molecular weight is 373 g/mol. The zero-order valence-electron chi connectivity index (χ0n) is 15.2. The van der Waals surface area contributed by atoms with Crippen LogP contribution >= 0.6 is 0 Å². The lowest BCUT2D eigenvalue weighted by Gasteiger charge is -2.28. The molecule has 4 aromatic rings. The summed E-state index contributed by atoms with van der Waals surface area (Å²) >= 11 is 0. The fourth-order valence-electron chi connectivity index (χ4n) is 3.36. The molecule has 7 nitrogen and oxygen atoms in total. The van der Waals surface area contributed by atoms with Crippen LogP contribution in [0.3, 0.4) is 0 Å². The van der Waals surface area contributed by atoms with Gasteiger partial charge in [-0.1, -0.05) is 24.3 Å². The number of morpholine rings is 1. The fraction of sp³-hybridized carbons (Fsp3) is 0.190. The Hall–Kier alpha value is -3.45. The summed E-state index contributed by atoms with van der Waals surface area (Å²) in [5.74, 6) is 0.544. The number of anilines is 2. The van der Waals surface area contributed by atoms with Crippen LogP contribution < -0.4 is 10.3 Å². The number of nitrogens with one attached hydrogen (secondary N) is 1. The van der Waals surface area contributed by atoms with Gasteiger partial charge in [-0.15, -0.1) is 0 Å². The Kier molecular flexibility index (Phi) is 4.34. The molecule has 7 heteroatoms. The third-order valence-electron chi connectivity index (χ3n) is 4.81. The predicted octanol–water partition coefficient (Wildman–Crippen LogP) is 3.66. The summed E-state index contributed by atoms with van der Waals surface area (Å²) < 4.78 is 11.3. The molecular formula is C21H19N5O2. The summed E-state index contributed by atoms with van der Waals surface area (Å²) in [7, 11) is 0. The Labute approximate surface area is 161 Å². The van der Waals surface area contributed by atoms with Crippen molar-refractivity contribution in [1.82, 2.24) is 9.97 Å². The molecule has 1 fully saturated rings. The van der Waals surface area contributed by atoms with E-state index in [2.05, 4.69) is 37.5 Å². The molecule has 0 atom stereocenters. The van der Waals surface area contributed by atoms with E-state index >= 15 is 0 Å².